The van der Waals surface area contributed by atoms with Crippen molar-refractivity contribution in [3.63, 3.8) is 0 Å². The zero-order valence-corrected chi connectivity index (χ0v) is 14.4. The highest BCUT2D eigenvalue weighted by Gasteiger charge is 2.22. The van der Waals surface area contributed by atoms with E-state index in [-0.39, 0.29) is 5.91 Å². The van der Waals surface area contributed by atoms with E-state index >= 15 is 0 Å². The Bertz CT molecular complexity index is 548. The lowest BCUT2D eigenvalue weighted by Crippen LogP contribution is -2.40. The van der Waals surface area contributed by atoms with Gasteiger partial charge in [-0.2, -0.15) is 0 Å². The number of rotatable bonds is 6. The molecule has 4 heteroatoms. The first-order valence-electron chi connectivity index (χ1n) is 8.40. The Morgan fingerprint density at radius 1 is 1.17 bits per heavy atom. The highest BCUT2D eigenvalue weighted by Crippen LogP contribution is 2.28. The van der Waals surface area contributed by atoms with Gasteiger partial charge in [-0.05, 0) is 43.5 Å². The third-order valence-electron chi connectivity index (χ3n) is 4.47. The summed E-state index contributed by atoms with van der Waals surface area (Å²) < 4.78 is 10.5. The number of amides is 1. The average molecular weight is 317 g/mol. The standard InChI is InChI=1S/C19H27NO3/c1-4-20(16-8-6-5-7-9-16)19(21)13-11-15-10-12-17(22-2)18(14-15)23-3/h10-14,16H,4-9H2,1-3H3. The van der Waals surface area contributed by atoms with Crippen molar-refractivity contribution in [1.29, 1.82) is 0 Å². The number of benzene rings is 1. The van der Waals surface area contributed by atoms with Crippen molar-refractivity contribution in [2.45, 2.75) is 45.1 Å². The van der Waals surface area contributed by atoms with Crippen LogP contribution < -0.4 is 9.47 Å². The Hall–Kier alpha value is -1.97. The van der Waals surface area contributed by atoms with E-state index in [0.29, 0.717) is 17.5 Å². The molecule has 0 spiro atoms. The van der Waals surface area contributed by atoms with Gasteiger partial charge in [-0.1, -0.05) is 25.3 Å². The number of hydrogen-bond donors (Lipinski definition) is 0. The first-order valence-corrected chi connectivity index (χ1v) is 8.40. The lowest BCUT2D eigenvalue weighted by Gasteiger charge is -2.32. The smallest absolute Gasteiger partial charge is 0.246 e. The van der Waals surface area contributed by atoms with Crippen LogP contribution in [0.15, 0.2) is 24.3 Å². The molecular weight excluding hydrogens is 290 g/mol. The van der Waals surface area contributed by atoms with Gasteiger partial charge in [-0.15, -0.1) is 0 Å². The Morgan fingerprint density at radius 3 is 2.48 bits per heavy atom. The first kappa shape index (κ1) is 17.4. The van der Waals surface area contributed by atoms with E-state index in [4.69, 9.17) is 9.47 Å². The van der Waals surface area contributed by atoms with Crippen LogP contribution in [-0.2, 0) is 4.79 Å². The van der Waals surface area contributed by atoms with Gasteiger partial charge < -0.3 is 14.4 Å². The molecule has 1 aliphatic carbocycles. The highest BCUT2D eigenvalue weighted by molar-refractivity contribution is 5.92. The van der Waals surface area contributed by atoms with E-state index in [1.165, 1.54) is 19.3 Å². The molecule has 0 heterocycles. The molecule has 0 radical (unpaired) electrons. The van der Waals surface area contributed by atoms with Crippen molar-refractivity contribution in [1.82, 2.24) is 4.90 Å². The molecule has 1 amide bonds. The summed E-state index contributed by atoms with van der Waals surface area (Å²) in [6.45, 7) is 2.82. The fourth-order valence-electron chi connectivity index (χ4n) is 3.21. The summed E-state index contributed by atoms with van der Waals surface area (Å²) in [7, 11) is 3.22. The number of carbonyl (C=O) groups excluding carboxylic acids is 1. The summed E-state index contributed by atoms with van der Waals surface area (Å²) in [6.07, 6.45) is 9.52. The minimum atomic E-state index is 0.0918. The van der Waals surface area contributed by atoms with Crippen molar-refractivity contribution in [3.05, 3.63) is 29.8 Å². The largest absolute Gasteiger partial charge is 0.493 e. The average Bonchev–Trinajstić information content (AvgIpc) is 2.61. The fourth-order valence-corrected chi connectivity index (χ4v) is 3.21. The van der Waals surface area contributed by atoms with Gasteiger partial charge in [0.25, 0.3) is 0 Å². The van der Waals surface area contributed by atoms with Crippen LogP contribution in [0, 0.1) is 0 Å². The number of carbonyl (C=O) groups is 1. The quantitative estimate of drug-likeness (QED) is 0.747. The highest BCUT2D eigenvalue weighted by atomic mass is 16.5. The second-order valence-corrected chi connectivity index (χ2v) is 5.86. The van der Waals surface area contributed by atoms with Crippen LogP contribution in [0.5, 0.6) is 11.5 Å². The van der Waals surface area contributed by atoms with Crippen LogP contribution in [0.2, 0.25) is 0 Å². The van der Waals surface area contributed by atoms with Gasteiger partial charge in [0.2, 0.25) is 5.91 Å². The maximum atomic E-state index is 12.5. The van der Waals surface area contributed by atoms with Crippen molar-refractivity contribution < 1.29 is 14.3 Å². The molecule has 2 rings (SSSR count). The van der Waals surface area contributed by atoms with Crippen LogP contribution in [0.3, 0.4) is 0 Å². The van der Waals surface area contributed by atoms with Gasteiger partial charge >= 0.3 is 0 Å². The summed E-state index contributed by atoms with van der Waals surface area (Å²) >= 11 is 0. The molecule has 1 aliphatic rings. The molecule has 23 heavy (non-hydrogen) atoms. The Kier molecular flexibility index (Phi) is 6.51. The monoisotopic (exact) mass is 317 g/mol. The number of ether oxygens (including phenoxy) is 2. The van der Waals surface area contributed by atoms with E-state index in [1.807, 2.05) is 29.2 Å². The molecule has 4 nitrogen and oxygen atoms in total. The summed E-state index contributed by atoms with van der Waals surface area (Å²) in [4.78, 5) is 14.5. The van der Waals surface area contributed by atoms with Crippen LogP contribution in [-0.4, -0.2) is 37.6 Å². The second-order valence-electron chi connectivity index (χ2n) is 5.86. The first-order chi connectivity index (χ1) is 11.2. The van der Waals surface area contributed by atoms with Gasteiger partial charge in [0.05, 0.1) is 14.2 Å². The minimum Gasteiger partial charge on any atom is -0.493 e. The Morgan fingerprint density at radius 2 is 1.87 bits per heavy atom. The molecular formula is C19H27NO3. The van der Waals surface area contributed by atoms with E-state index in [1.54, 1.807) is 20.3 Å². The maximum Gasteiger partial charge on any atom is 0.246 e. The summed E-state index contributed by atoms with van der Waals surface area (Å²) in [6, 6.07) is 6.04. The van der Waals surface area contributed by atoms with Gasteiger partial charge in [-0.3, -0.25) is 4.79 Å². The third-order valence-corrected chi connectivity index (χ3v) is 4.47. The van der Waals surface area contributed by atoms with Gasteiger partial charge in [0.15, 0.2) is 11.5 Å². The molecule has 1 aromatic carbocycles. The van der Waals surface area contributed by atoms with E-state index in [9.17, 15) is 4.79 Å². The number of likely N-dealkylation sites (N-methyl/N-ethyl adjacent to an activating group) is 1. The van der Waals surface area contributed by atoms with Gasteiger partial charge in [0.1, 0.15) is 0 Å². The third kappa shape index (κ3) is 4.50. The van der Waals surface area contributed by atoms with Gasteiger partial charge in [-0.25, -0.2) is 0 Å². The molecule has 0 aromatic heterocycles. The van der Waals surface area contributed by atoms with Gasteiger partial charge in [0, 0.05) is 18.7 Å². The summed E-state index contributed by atoms with van der Waals surface area (Å²) in [5, 5.41) is 0. The molecule has 1 aromatic rings. The zero-order chi connectivity index (χ0) is 16.7. The zero-order valence-electron chi connectivity index (χ0n) is 14.4. The molecule has 1 fully saturated rings. The second kappa shape index (κ2) is 8.61. The molecule has 0 N–H and O–H groups in total. The number of methoxy groups -OCH3 is 2. The molecule has 0 unspecified atom stereocenters. The molecule has 126 valence electrons. The summed E-state index contributed by atoms with van der Waals surface area (Å²) in [5.41, 5.74) is 0.927. The van der Waals surface area contributed by atoms with E-state index in [0.717, 1.165) is 24.9 Å². The Labute approximate surface area is 139 Å². The van der Waals surface area contributed by atoms with Crippen molar-refractivity contribution in [3.8, 4) is 11.5 Å². The number of nitrogens with zero attached hydrogens (tertiary/aromatic N) is 1. The fraction of sp³-hybridized carbons (Fsp3) is 0.526. The van der Waals surface area contributed by atoms with Crippen molar-refractivity contribution in [2.75, 3.05) is 20.8 Å². The predicted octanol–water partition coefficient (Wildman–Crippen LogP) is 3.90. The Balaban J connectivity index is 2.07. The van der Waals surface area contributed by atoms with E-state index < -0.39 is 0 Å². The lowest BCUT2D eigenvalue weighted by atomic mass is 9.94. The van der Waals surface area contributed by atoms with Crippen molar-refractivity contribution >= 4 is 12.0 Å². The maximum absolute atomic E-state index is 12.5. The summed E-state index contributed by atoms with van der Waals surface area (Å²) in [5.74, 6) is 1.45. The molecule has 0 atom stereocenters. The number of hydrogen-bond acceptors (Lipinski definition) is 3. The van der Waals surface area contributed by atoms with Crippen LogP contribution in [0.1, 0.15) is 44.6 Å². The molecule has 1 saturated carbocycles. The van der Waals surface area contributed by atoms with Crippen LogP contribution in [0.25, 0.3) is 6.08 Å². The molecule has 0 saturated heterocycles. The normalized spacial score (nSPS) is 15.6. The lowest BCUT2D eigenvalue weighted by molar-refractivity contribution is -0.128. The van der Waals surface area contributed by atoms with E-state index in [2.05, 4.69) is 6.92 Å². The van der Waals surface area contributed by atoms with Crippen molar-refractivity contribution in [2.24, 2.45) is 0 Å². The topological polar surface area (TPSA) is 38.8 Å². The molecule has 0 bridgehead atoms. The van der Waals surface area contributed by atoms with Crippen LogP contribution in [0.4, 0.5) is 0 Å². The minimum absolute atomic E-state index is 0.0918. The van der Waals surface area contributed by atoms with Crippen LogP contribution >= 0.6 is 0 Å². The predicted molar refractivity (Wildman–Crippen MR) is 92.8 cm³/mol. The SMILES string of the molecule is CCN(C(=O)C=Cc1ccc(OC)c(OC)c1)C1CCCCC1. The molecule has 0 aliphatic heterocycles.